The molecule has 1 fully saturated rings. The summed E-state index contributed by atoms with van der Waals surface area (Å²) in [6, 6.07) is 12.2. The lowest BCUT2D eigenvalue weighted by molar-refractivity contribution is 0.0391. The summed E-state index contributed by atoms with van der Waals surface area (Å²) >= 11 is 3.35. The van der Waals surface area contributed by atoms with Crippen molar-refractivity contribution in [1.29, 1.82) is 0 Å². The fourth-order valence-electron chi connectivity index (χ4n) is 3.72. The van der Waals surface area contributed by atoms with Crippen molar-refractivity contribution >= 4 is 44.4 Å². The third kappa shape index (κ3) is 5.12. The van der Waals surface area contributed by atoms with Gasteiger partial charge < -0.3 is 4.74 Å². The van der Waals surface area contributed by atoms with E-state index in [-0.39, 0.29) is 5.91 Å². The zero-order valence-corrected chi connectivity index (χ0v) is 20.0. The number of anilines is 1. The predicted octanol–water partition coefficient (Wildman–Crippen LogP) is 5.00. The zero-order valence-electron chi connectivity index (χ0n) is 18.4. The van der Waals surface area contributed by atoms with Crippen molar-refractivity contribution in [2.75, 3.05) is 50.0 Å². The summed E-state index contributed by atoms with van der Waals surface area (Å²) in [6.45, 7) is 11.1. The van der Waals surface area contributed by atoms with Crippen LogP contribution in [0, 0.1) is 13.8 Å². The molecular weight excluding hydrogens is 426 g/mol. The summed E-state index contributed by atoms with van der Waals surface area (Å²) in [5, 5.41) is 0.774. The first-order valence-corrected chi connectivity index (χ1v) is 12.6. The Hall–Kier alpha value is -1.93. The van der Waals surface area contributed by atoms with Gasteiger partial charge in [0.25, 0.3) is 5.91 Å². The Kier molecular flexibility index (Phi) is 7.27. The molecular formula is C24H29N3O2S2. The molecule has 0 radical (unpaired) electrons. The van der Waals surface area contributed by atoms with Crippen LogP contribution in [0.25, 0.3) is 10.2 Å². The molecule has 5 nitrogen and oxygen atoms in total. The number of aromatic nitrogens is 1. The minimum absolute atomic E-state index is 0.0141. The molecule has 0 unspecified atom stereocenters. The lowest BCUT2D eigenvalue weighted by Crippen LogP contribution is -2.43. The molecule has 0 N–H and O–H groups in total. The van der Waals surface area contributed by atoms with Crippen LogP contribution in [0.5, 0.6) is 0 Å². The number of thioether (sulfide) groups is 1. The molecule has 0 atom stereocenters. The van der Waals surface area contributed by atoms with E-state index >= 15 is 0 Å². The number of thiazole rings is 1. The van der Waals surface area contributed by atoms with Crippen LogP contribution in [-0.2, 0) is 4.74 Å². The summed E-state index contributed by atoms with van der Waals surface area (Å²) in [7, 11) is 0. The maximum atomic E-state index is 13.6. The number of amides is 1. The Labute approximate surface area is 192 Å². The Bertz CT molecular complexity index is 1060. The first-order valence-electron chi connectivity index (χ1n) is 10.8. The molecule has 2 aromatic carbocycles. The van der Waals surface area contributed by atoms with Gasteiger partial charge in [-0.05, 0) is 55.0 Å². The second-order valence-electron chi connectivity index (χ2n) is 7.72. The number of carbonyl (C=O) groups excluding carboxylic acids is 1. The molecule has 0 spiro atoms. The van der Waals surface area contributed by atoms with Crippen LogP contribution in [0.4, 0.5) is 5.13 Å². The van der Waals surface area contributed by atoms with Gasteiger partial charge in [-0.15, -0.1) is 11.8 Å². The molecule has 0 aliphatic carbocycles. The van der Waals surface area contributed by atoms with Crippen LogP contribution in [0.1, 0.15) is 28.4 Å². The van der Waals surface area contributed by atoms with Gasteiger partial charge in [-0.1, -0.05) is 30.4 Å². The van der Waals surface area contributed by atoms with Crippen molar-refractivity contribution in [3.63, 3.8) is 0 Å². The van der Waals surface area contributed by atoms with Gasteiger partial charge in [0.05, 0.1) is 23.4 Å². The summed E-state index contributed by atoms with van der Waals surface area (Å²) in [5.74, 6) is 0.995. The number of hydrogen-bond donors (Lipinski definition) is 0. The van der Waals surface area contributed by atoms with Gasteiger partial charge in [0.2, 0.25) is 0 Å². The number of ether oxygens (including phenoxy) is 1. The van der Waals surface area contributed by atoms with E-state index < -0.39 is 0 Å². The summed E-state index contributed by atoms with van der Waals surface area (Å²) in [6.07, 6.45) is 0. The molecule has 31 heavy (non-hydrogen) atoms. The average Bonchev–Trinajstić information content (AvgIpc) is 3.22. The normalized spacial score (nSPS) is 14.8. The monoisotopic (exact) mass is 455 g/mol. The Morgan fingerprint density at radius 3 is 2.81 bits per heavy atom. The largest absolute Gasteiger partial charge is 0.379 e. The Morgan fingerprint density at radius 2 is 2.03 bits per heavy atom. The lowest BCUT2D eigenvalue weighted by atomic mass is 10.1. The molecule has 0 saturated carbocycles. The summed E-state index contributed by atoms with van der Waals surface area (Å²) < 4.78 is 6.60. The fourth-order valence-corrected chi connectivity index (χ4v) is 5.49. The number of aryl methyl sites for hydroxylation is 2. The van der Waals surface area contributed by atoms with E-state index in [1.54, 1.807) is 23.1 Å². The molecule has 2 heterocycles. The standard InChI is InChI=1S/C24H29N3O2S2/c1-4-30-20-7-5-6-19(16-20)23(28)27(11-10-26-12-14-29-15-13-26)24-25-22-18(3)17(2)8-9-21(22)31-24/h5-9,16H,4,10-15H2,1-3H3. The highest BCUT2D eigenvalue weighted by Crippen LogP contribution is 2.33. The highest BCUT2D eigenvalue weighted by Gasteiger charge is 2.23. The smallest absolute Gasteiger partial charge is 0.260 e. The number of hydrogen-bond acceptors (Lipinski definition) is 6. The van der Waals surface area contributed by atoms with Gasteiger partial charge in [0, 0.05) is 36.6 Å². The molecule has 1 saturated heterocycles. The highest BCUT2D eigenvalue weighted by atomic mass is 32.2. The topological polar surface area (TPSA) is 45.7 Å². The molecule has 7 heteroatoms. The van der Waals surface area contributed by atoms with Crippen molar-refractivity contribution in [2.45, 2.75) is 25.7 Å². The van der Waals surface area contributed by atoms with E-state index in [0.29, 0.717) is 12.1 Å². The van der Waals surface area contributed by atoms with Crippen LogP contribution in [-0.4, -0.2) is 60.9 Å². The predicted molar refractivity (Wildman–Crippen MR) is 131 cm³/mol. The summed E-state index contributed by atoms with van der Waals surface area (Å²) in [4.78, 5) is 23.9. The van der Waals surface area contributed by atoms with Crippen LogP contribution in [0.2, 0.25) is 0 Å². The van der Waals surface area contributed by atoms with Crippen molar-refractivity contribution in [3.8, 4) is 0 Å². The minimum Gasteiger partial charge on any atom is -0.379 e. The molecule has 4 rings (SSSR count). The summed E-state index contributed by atoms with van der Waals surface area (Å²) in [5.41, 5.74) is 4.12. The van der Waals surface area contributed by atoms with Crippen LogP contribution in [0.15, 0.2) is 41.3 Å². The van der Waals surface area contributed by atoms with Crippen molar-refractivity contribution in [2.24, 2.45) is 0 Å². The third-order valence-electron chi connectivity index (χ3n) is 5.69. The molecule has 164 valence electrons. The first kappa shape index (κ1) is 22.3. The number of fused-ring (bicyclic) bond motifs is 1. The van der Waals surface area contributed by atoms with Gasteiger partial charge >= 0.3 is 0 Å². The van der Waals surface area contributed by atoms with Gasteiger partial charge in [-0.3, -0.25) is 14.6 Å². The van der Waals surface area contributed by atoms with Crippen molar-refractivity contribution in [3.05, 3.63) is 53.1 Å². The second kappa shape index (κ2) is 10.1. The van der Waals surface area contributed by atoms with E-state index in [4.69, 9.17) is 9.72 Å². The van der Waals surface area contributed by atoms with Crippen LogP contribution in [0.3, 0.4) is 0 Å². The van der Waals surface area contributed by atoms with Gasteiger partial charge in [-0.2, -0.15) is 0 Å². The lowest BCUT2D eigenvalue weighted by Gasteiger charge is -2.29. The Morgan fingerprint density at radius 1 is 1.23 bits per heavy atom. The number of rotatable bonds is 7. The van der Waals surface area contributed by atoms with Gasteiger partial charge in [0.15, 0.2) is 5.13 Å². The first-order chi connectivity index (χ1) is 15.1. The quantitative estimate of drug-likeness (QED) is 0.469. The Balaban J connectivity index is 1.66. The van der Waals surface area contributed by atoms with Crippen LogP contribution >= 0.6 is 23.1 Å². The van der Waals surface area contributed by atoms with E-state index in [2.05, 4.69) is 43.9 Å². The molecule has 0 bridgehead atoms. The van der Waals surface area contributed by atoms with E-state index in [1.807, 2.05) is 23.1 Å². The average molecular weight is 456 g/mol. The molecule has 1 aliphatic rings. The maximum Gasteiger partial charge on any atom is 0.260 e. The van der Waals surface area contributed by atoms with E-state index in [9.17, 15) is 4.79 Å². The van der Waals surface area contributed by atoms with Crippen LogP contribution < -0.4 is 4.90 Å². The van der Waals surface area contributed by atoms with Gasteiger partial charge in [0.1, 0.15) is 0 Å². The van der Waals surface area contributed by atoms with E-state index in [0.717, 1.165) is 58.8 Å². The van der Waals surface area contributed by atoms with Crippen molar-refractivity contribution < 1.29 is 9.53 Å². The van der Waals surface area contributed by atoms with Gasteiger partial charge in [-0.25, -0.2) is 4.98 Å². The number of benzene rings is 2. The minimum atomic E-state index is 0.0141. The molecule has 3 aromatic rings. The number of nitrogens with zero attached hydrogens (tertiary/aromatic N) is 3. The second-order valence-corrected chi connectivity index (χ2v) is 10.1. The zero-order chi connectivity index (χ0) is 21.8. The fraction of sp³-hybridized carbons (Fsp3) is 0.417. The maximum absolute atomic E-state index is 13.6. The molecule has 1 amide bonds. The highest BCUT2D eigenvalue weighted by molar-refractivity contribution is 7.99. The molecule has 1 aromatic heterocycles. The SMILES string of the molecule is CCSc1cccc(C(=O)N(CCN2CCOCC2)c2nc3c(C)c(C)ccc3s2)c1. The molecule has 1 aliphatic heterocycles. The number of morpholine rings is 1. The van der Waals surface area contributed by atoms with E-state index in [1.165, 1.54) is 11.1 Å². The number of carbonyl (C=O) groups is 1. The van der Waals surface area contributed by atoms with Crippen molar-refractivity contribution in [1.82, 2.24) is 9.88 Å². The third-order valence-corrected chi connectivity index (χ3v) is 7.60.